The lowest BCUT2D eigenvalue weighted by molar-refractivity contribution is -0.0571. The van der Waals surface area contributed by atoms with Crippen molar-refractivity contribution in [2.45, 2.75) is 57.0 Å². The van der Waals surface area contributed by atoms with Crippen LogP contribution < -0.4 is 5.73 Å². The van der Waals surface area contributed by atoms with E-state index in [0.29, 0.717) is 0 Å². The maximum absolute atomic E-state index is 6.25. The van der Waals surface area contributed by atoms with E-state index in [9.17, 15) is 0 Å². The van der Waals surface area contributed by atoms with Gasteiger partial charge < -0.3 is 10.5 Å². The average Bonchev–Trinajstić information content (AvgIpc) is 3.03. The molecule has 3 aliphatic rings. The Bertz CT molecular complexity index is 247. The molecule has 3 aliphatic carbocycles. The molecule has 0 aromatic rings. The topological polar surface area (TPSA) is 35.2 Å². The SMILES string of the molecule is NCC1(OCC2CC3CCC2C3)CCCC1. The summed E-state index contributed by atoms with van der Waals surface area (Å²) in [5, 5.41) is 0. The Kier molecular flexibility index (Phi) is 2.97. The maximum Gasteiger partial charge on any atom is 0.0804 e. The van der Waals surface area contributed by atoms with Gasteiger partial charge in [0.2, 0.25) is 0 Å². The summed E-state index contributed by atoms with van der Waals surface area (Å²) in [7, 11) is 0. The van der Waals surface area contributed by atoms with Crippen LogP contribution in [0.15, 0.2) is 0 Å². The zero-order chi connectivity index (χ0) is 11.0. The molecule has 2 N–H and O–H groups in total. The van der Waals surface area contributed by atoms with Crippen molar-refractivity contribution in [3.8, 4) is 0 Å². The van der Waals surface area contributed by atoms with Crippen molar-refractivity contribution >= 4 is 0 Å². The van der Waals surface area contributed by atoms with E-state index in [1.807, 2.05) is 0 Å². The van der Waals surface area contributed by atoms with E-state index in [-0.39, 0.29) is 5.60 Å². The summed E-state index contributed by atoms with van der Waals surface area (Å²) in [5.74, 6) is 2.89. The Morgan fingerprint density at radius 2 is 1.94 bits per heavy atom. The van der Waals surface area contributed by atoms with Crippen molar-refractivity contribution in [2.24, 2.45) is 23.5 Å². The van der Waals surface area contributed by atoms with Gasteiger partial charge >= 0.3 is 0 Å². The molecule has 2 heteroatoms. The van der Waals surface area contributed by atoms with E-state index < -0.39 is 0 Å². The minimum atomic E-state index is 0.0713. The van der Waals surface area contributed by atoms with Gasteiger partial charge in [-0.05, 0) is 49.9 Å². The van der Waals surface area contributed by atoms with Crippen LogP contribution >= 0.6 is 0 Å². The first kappa shape index (κ1) is 11.0. The third-order valence-corrected chi connectivity index (χ3v) is 5.37. The third-order valence-electron chi connectivity index (χ3n) is 5.37. The van der Waals surface area contributed by atoms with E-state index >= 15 is 0 Å². The second-order valence-corrected chi connectivity index (χ2v) is 6.34. The molecule has 3 rings (SSSR count). The molecule has 0 heterocycles. The smallest absolute Gasteiger partial charge is 0.0804 e. The fourth-order valence-corrected chi connectivity index (χ4v) is 4.29. The number of fused-ring (bicyclic) bond motifs is 2. The molecule has 2 nitrogen and oxygen atoms in total. The van der Waals surface area contributed by atoms with E-state index in [1.165, 1.54) is 51.4 Å². The number of hydrogen-bond acceptors (Lipinski definition) is 2. The van der Waals surface area contributed by atoms with Crippen LogP contribution in [0, 0.1) is 17.8 Å². The molecule has 0 aromatic carbocycles. The van der Waals surface area contributed by atoms with Crippen LogP contribution in [0.4, 0.5) is 0 Å². The van der Waals surface area contributed by atoms with Gasteiger partial charge in [0, 0.05) is 6.54 Å². The molecule has 0 spiro atoms. The molecule has 3 saturated carbocycles. The quantitative estimate of drug-likeness (QED) is 0.795. The van der Waals surface area contributed by atoms with Crippen LogP contribution in [0.5, 0.6) is 0 Å². The molecule has 0 aliphatic heterocycles. The molecule has 0 radical (unpaired) electrons. The number of ether oxygens (including phenoxy) is 1. The van der Waals surface area contributed by atoms with Crippen molar-refractivity contribution in [3.05, 3.63) is 0 Å². The number of rotatable bonds is 4. The molecule has 92 valence electrons. The van der Waals surface area contributed by atoms with Crippen molar-refractivity contribution in [1.29, 1.82) is 0 Å². The minimum absolute atomic E-state index is 0.0713. The lowest BCUT2D eigenvalue weighted by atomic mass is 9.89. The van der Waals surface area contributed by atoms with Crippen LogP contribution in [-0.2, 0) is 4.74 Å². The van der Waals surface area contributed by atoms with Gasteiger partial charge in [-0.2, -0.15) is 0 Å². The fourth-order valence-electron chi connectivity index (χ4n) is 4.29. The van der Waals surface area contributed by atoms with Crippen LogP contribution in [0.25, 0.3) is 0 Å². The predicted molar refractivity (Wildman–Crippen MR) is 65.1 cm³/mol. The van der Waals surface area contributed by atoms with Crippen LogP contribution in [0.1, 0.15) is 51.4 Å². The Hall–Kier alpha value is -0.0800. The first-order chi connectivity index (χ1) is 7.81. The second kappa shape index (κ2) is 4.30. The van der Waals surface area contributed by atoms with Crippen molar-refractivity contribution in [1.82, 2.24) is 0 Å². The molecule has 16 heavy (non-hydrogen) atoms. The van der Waals surface area contributed by atoms with Crippen LogP contribution in [0.3, 0.4) is 0 Å². The molecular formula is C14H25NO. The molecule has 3 fully saturated rings. The highest BCUT2D eigenvalue weighted by atomic mass is 16.5. The van der Waals surface area contributed by atoms with Crippen LogP contribution in [-0.4, -0.2) is 18.8 Å². The van der Waals surface area contributed by atoms with Gasteiger partial charge in [-0.3, -0.25) is 0 Å². The highest BCUT2D eigenvalue weighted by molar-refractivity contribution is 4.92. The van der Waals surface area contributed by atoms with Crippen molar-refractivity contribution in [3.63, 3.8) is 0 Å². The Balaban J connectivity index is 1.52. The maximum atomic E-state index is 6.25. The number of nitrogens with two attached hydrogens (primary N) is 1. The normalized spacial score (nSPS) is 40.7. The fraction of sp³-hybridized carbons (Fsp3) is 1.00. The summed E-state index contributed by atoms with van der Waals surface area (Å²) < 4.78 is 6.25. The van der Waals surface area contributed by atoms with E-state index in [0.717, 1.165) is 30.9 Å². The number of hydrogen-bond donors (Lipinski definition) is 1. The molecule has 0 amide bonds. The molecule has 3 atom stereocenters. The standard InChI is InChI=1S/C14H25NO/c15-10-14(5-1-2-6-14)16-9-13-8-11-3-4-12(13)7-11/h11-13H,1-10,15H2. The Labute approximate surface area is 98.9 Å². The lowest BCUT2D eigenvalue weighted by Crippen LogP contribution is -2.39. The Morgan fingerprint density at radius 3 is 2.50 bits per heavy atom. The van der Waals surface area contributed by atoms with E-state index in [1.54, 1.807) is 0 Å². The molecular weight excluding hydrogens is 198 g/mol. The first-order valence-electron chi connectivity index (χ1n) is 7.15. The van der Waals surface area contributed by atoms with Gasteiger partial charge in [-0.15, -0.1) is 0 Å². The summed E-state index contributed by atoms with van der Waals surface area (Å²) in [4.78, 5) is 0. The zero-order valence-corrected chi connectivity index (χ0v) is 10.3. The summed E-state index contributed by atoms with van der Waals surface area (Å²) >= 11 is 0. The average molecular weight is 223 g/mol. The van der Waals surface area contributed by atoms with Gasteiger partial charge in [0.15, 0.2) is 0 Å². The molecule has 0 saturated heterocycles. The molecule has 2 bridgehead atoms. The molecule has 0 aromatic heterocycles. The van der Waals surface area contributed by atoms with Gasteiger partial charge in [0.05, 0.1) is 12.2 Å². The molecule has 3 unspecified atom stereocenters. The van der Waals surface area contributed by atoms with Crippen LogP contribution in [0.2, 0.25) is 0 Å². The Morgan fingerprint density at radius 1 is 1.12 bits per heavy atom. The predicted octanol–water partition coefficient (Wildman–Crippen LogP) is 2.71. The lowest BCUT2D eigenvalue weighted by Gasteiger charge is -2.31. The van der Waals surface area contributed by atoms with Gasteiger partial charge in [-0.25, -0.2) is 0 Å². The second-order valence-electron chi connectivity index (χ2n) is 6.34. The van der Waals surface area contributed by atoms with Gasteiger partial charge in [0.25, 0.3) is 0 Å². The monoisotopic (exact) mass is 223 g/mol. The third kappa shape index (κ3) is 1.91. The minimum Gasteiger partial charge on any atom is -0.373 e. The van der Waals surface area contributed by atoms with Gasteiger partial charge in [-0.1, -0.05) is 19.3 Å². The largest absolute Gasteiger partial charge is 0.373 e. The van der Waals surface area contributed by atoms with Crippen molar-refractivity contribution < 1.29 is 4.74 Å². The van der Waals surface area contributed by atoms with E-state index in [4.69, 9.17) is 10.5 Å². The zero-order valence-electron chi connectivity index (χ0n) is 10.3. The summed E-state index contributed by atoms with van der Waals surface area (Å²) in [6.45, 7) is 1.73. The van der Waals surface area contributed by atoms with E-state index in [2.05, 4.69) is 0 Å². The van der Waals surface area contributed by atoms with Crippen molar-refractivity contribution in [2.75, 3.05) is 13.2 Å². The van der Waals surface area contributed by atoms with Gasteiger partial charge in [0.1, 0.15) is 0 Å². The highest BCUT2D eigenvalue weighted by Crippen LogP contribution is 2.49. The summed E-state index contributed by atoms with van der Waals surface area (Å²) in [6, 6.07) is 0. The summed E-state index contributed by atoms with van der Waals surface area (Å²) in [5.41, 5.74) is 5.98. The first-order valence-corrected chi connectivity index (χ1v) is 7.15. The summed E-state index contributed by atoms with van der Waals surface area (Å²) in [6.07, 6.45) is 10.9. The highest BCUT2D eigenvalue weighted by Gasteiger charge is 2.41.